The summed E-state index contributed by atoms with van der Waals surface area (Å²) < 4.78 is 8.74. The number of hydrogen-bond acceptors (Lipinski definition) is 5. The third-order valence-electron chi connectivity index (χ3n) is 11.5. The minimum Gasteiger partial charge on any atom is -0.501 e. The number of fused-ring (bicyclic) bond motifs is 6. The Morgan fingerprint density at radius 3 is 2.02 bits per heavy atom. The van der Waals surface area contributed by atoms with E-state index < -0.39 is 8.07 Å². The predicted octanol–water partition coefficient (Wildman–Crippen LogP) is 13.6. The van der Waals surface area contributed by atoms with E-state index in [4.69, 9.17) is 14.5 Å². The average molecular weight is 1000 g/mol. The molecule has 1 radical (unpaired) electrons. The van der Waals surface area contributed by atoms with Gasteiger partial charge in [-0.15, -0.1) is 64.3 Å². The van der Waals surface area contributed by atoms with E-state index >= 15 is 0 Å². The van der Waals surface area contributed by atoms with E-state index in [-0.39, 0.29) is 31.9 Å². The van der Waals surface area contributed by atoms with Crippen LogP contribution in [-0.4, -0.2) is 32.8 Å². The number of hydrogen-bond donors (Lipinski definition) is 0. The van der Waals surface area contributed by atoms with Gasteiger partial charge in [0.2, 0.25) is 0 Å². The molecule has 0 saturated carbocycles. The molecule has 311 valence electrons. The summed E-state index contributed by atoms with van der Waals surface area (Å²) in [6.45, 7) is 18.3. The summed E-state index contributed by atoms with van der Waals surface area (Å²) in [5.41, 5.74) is 14.1. The van der Waals surface area contributed by atoms with Crippen LogP contribution in [0.4, 0.5) is 0 Å². The number of aryl methyl sites for hydroxylation is 1. The van der Waals surface area contributed by atoms with Gasteiger partial charge in [0, 0.05) is 42.8 Å². The minimum absolute atomic E-state index is 0. The second kappa shape index (κ2) is 17.4. The summed E-state index contributed by atoms with van der Waals surface area (Å²) in [6, 6.07) is 52.4. The van der Waals surface area contributed by atoms with Crippen molar-refractivity contribution in [2.75, 3.05) is 0 Å². The molecule has 62 heavy (non-hydrogen) atoms. The van der Waals surface area contributed by atoms with Gasteiger partial charge >= 0.3 is 0 Å². The number of benzene rings is 6. The summed E-state index contributed by atoms with van der Waals surface area (Å²) in [7, 11) is -1.27. The molecule has 0 fully saturated rings. The smallest absolute Gasteiger partial charge is 0.178 e. The molecule has 10 rings (SSSR count). The third kappa shape index (κ3) is 7.95. The number of furan rings is 1. The average Bonchev–Trinajstić information content (AvgIpc) is 3.85. The van der Waals surface area contributed by atoms with Crippen LogP contribution in [0, 0.1) is 19.1 Å². The van der Waals surface area contributed by atoms with E-state index in [0.717, 1.165) is 72.3 Å². The first-order valence-corrected chi connectivity index (χ1v) is 24.6. The first kappa shape index (κ1) is 42.6. The molecule has 0 atom stereocenters. The van der Waals surface area contributed by atoms with Gasteiger partial charge in [0.1, 0.15) is 11.1 Å². The molecule has 0 aliphatic carbocycles. The molecule has 0 N–H and O–H groups in total. The molecule has 10 aromatic rings. The number of rotatable bonds is 7. The zero-order valence-electron chi connectivity index (χ0n) is 36.4. The van der Waals surface area contributed by atoms with E-state index in [0.29, 0.717) is 0 Å². The van der Waals surface area contributed by atoms with Gasteiger partial charge in [-0.2, -0.15) is 0 Å². The molecule has 0 bridgehead atoms. The Labute approximate surface area is 378 Å². The molecular formula is C54H49IrN5OSi-2. The molecule has 0 aliphatic rings. The number of pyridine rings is 1. The van der Waals surface area contributed by atoms with Crippen molar-refractivity contribution in [1.29, 1.82) is 0 Å². The maximum Gasteiger partial charge on any atom is 0.178 e. The Kier molecular flexibility index (Phi) is 11.9. The second-order valence-corrected chi connectivity index (χ2v) is 22.5. The van der Waals surface area contributed by atoms with E-state index in [2.05, 4.69) is 160 Å². The third-order valence-corrected chi connectivity index (χ3v) is 13.6. The van der Waals surface area contributed by atoms with Gasteiger partial charge in [0.25, 0.3) is 0 Å². The molecule has 6 nitrogen and oxygen atoms in total. The topological polar surface area (TPSA) is 69.6 Å². The molecule has 8 heteroatoms. The fourth-order valence-electron chi connectivity index (χ4n) is 8.44. The Morgan fingerprint density at radius 1 is 0.661 bits per heavy atom. The normalized spacial score (nSPS) is 11.7. The zero-order chi connectivity index (χ0) is 42.4. The van der Waals surface area contributed by atoms with Crippen LogP contribution in [0.5, 0.6) is 0 Å². The number of nitrogens with zero attached hydrogens (tertiary/aromatic N) is 5. The van der Waals surface area contributed by atoms with Crippen molar-refractivity contribution in [1.82, 2.24) is 24.7 Å². The van der Waals surface area contributed by atoms with Crippen LogP contribution >= 0.6 is 0 Å². The van der Waals surface area contributed by atoms with Gasteiger partial charge in [-0.25, -0.2) is 0 Å². The van der Waals surface area contributed by atoms with E-state index in [1.54, 1.807) is 0 Å². The summed E-state index contributed by atoms with van der Waals surface area (Å²) in [4.78, 5) is 9.94. The Hall–Kier alpha value is -6.05. The van der Waals surface area contributed by atoms with Crippen molar-refractivity contribution >= 4 is 57.3 Å². The minimum atomic E-state index is -1.27. The SMILES string of the molecule is CC(C)c1cc(-c2ccccc2)cc(C(C)C)c1-n1c(-c2[c-]ccc3c2oc2ccccc23)nc2c3ccccc3nnc21.Cc1cc(-c2[c-]cccc2)ncc1[Si](C)(C)C.[Ir]. The molecule has 4 heterocycles. The first-order chi connectivity index (χ1) is 29.5. The molecule has 0 aliphatic heterocycles. The van der Waals surface area contributed by atoms with Crippen molar-refractivity contribution in [3.63, 3.8) is 0 Å². The van der Waals surface area contributed by atoms with Gasteiger partial charge in [-0.3, -0.25) is 4.98 Å². The Bertz CT molecular complexity index is 3170. The molecule has 0 spiro atoms. The van der Waals surface area contributed by atoms with Crippen LogP contribution in [-0.2, 0) is 20.1 Å². The maximum absolute atomic E-state index is 6.52. The Morgan fingerprint density at radius 2 is 1.34 bits per heavy atom. The maximum atomic E-state index is 6.52. The van der Waals surface area contributed by atoms with Crippen LogP contribution in [0.15, 0.2) is 144 Å². The molecule has 0 amide bonds. The largest absolute Gasteiger partial charge is 0.501 e. The van der Waals surface area contributed by atoms with Crippen molar-refractivity contribution < 1.29 is 24.5 Å². The van der Waals surface area contributed by atoms with Crippen LogP contribution in [0.3, 0.4) is 0 Å². The molecule has 0 saturated heterocycles. The van der Waals surface area contributed by atoms with Gasteiger partial charge in [-0.1, -0.05) is 137 Å². The molecular weight excluding hydrogens is 955 g/mol. The number of aromatic nitrogens is 5. The molecule has 4 aromatic heterocycles. The van der Waals surface area contributed by atoms with Crippen LogP contribution in [0.25, 0.3) is 83.5 Å². The van der Waals surface area contributed by atoms with Crippen molar-refractivity contribution in [2.45, 2.75) is 66.1 Å². The summed E-state index contributed by atoms with van der Waals surface area (Å²) in [5, 5.41) is 14.0. The fourth-order valence-corrected chi connectivity index (χ4v) is 10.1. The number of para-hydroxylation sites is 1. The van der Waals surface area contributed by atoms with Crippen molar-refractivity contribution in [2.24, 2.45) is 0 Å². The standard InChI is InChI=1S/C39H31N4O.C15H18NSi.Ir/c1-23(2)31-21-26(25-13-6-5-7-14-25)22-32(24(3)4)36(31)43-38(40-35-29-16-8-10-19-33(29)41-42-39(35)43)30-18-12-17-28-27-15-9-11-20-34(27)44-37(28)30;1-12-10-14(13-8-6-5-7-9-13)16-11-15(12)17(2,3)4;/h5-17,19-24H,1-4H3;5-8,10-11H,1-4H3;/q2*-1;. The van der Waals surface area contributed by atoms with Crippen molar-refractivity contribution in [3.05, 3.63) is 168 Å². The summed E-state index contributed by atoms with van der Waals surface area (Å²) >= 11 is 0. The number of imidazole rings is 1. The van der Waals surface area contributed by atoms with Crippen molar-refractivity contribution in [3.8, 4) is 39.5 Å². The zero-order valence-corrected chi connectivity index (χ0v) is 39.8. The predicted molar refractivity (Wildman–Crippen MR) is 256 cm³/mol. The van der Waals surface area contributed by atoms with E-state index in [1.165, 1.54) is 33.0 Å². The summed E-state index contributed by atoms with van der Waals surface area (Å²) in [5.74, 6) is 1.21. The summed E-state index contributed by atoms with van der Waals surface area (Å²) in [6.07, 6.45) is 2.05. The van der Waals surface area contributed by atoms with Crippen LogP contribution in [0.2, 0.25) is 19.6 Å². The second-order valence-electron chi connectivity index (χ2n) is 17.4. The first-order valence-electron chi connectivity index (χ1n) is 21.1. The Balaban J connectivity index is 0.000000248. The van der Waals surface area contributed by atoms with Gasteiger partial charge < -0.3 is 14.0 Å². The fraction of sp³-hybridized carbons (Fsp3) is 0.185. The van der Waals surface area contributed by atoms with Gasteiger partial charge in [0.05, 0.1) is 25.0 Å². The monoisotopic (exact) mass is 1000 g/mol. The van der Waals surface area contributed by atoms with Crippen LogP contribution in [0.1, 0.15) is 56.2 Å². The van der Waals surface area contributed by atoms with E-state index in [1.807, 2.05) is 60.7 Å². The van der Waals surface area contributed by atoms with Gasteiger partial charge in [-0.05, 0) is 76.2 Å². The van der Waals surface area contributed by atoms with E-state index in [9.17, 15) is 0 Å². The van der Waals surface area contributed by atoms with Crippen LogP contribution < -0.4 is 5.19 Å². The molecule has 0 unspecified atom stereocenters. The molecule has 6 aromatic carbocycles. The van der Waals surface area contributed by atoms with Gasteiger partial charge in [0.15, 0.2) is 5.65 Å². The quantitative estimate of drug-likeness (QED) is 0.118.